The summed E-state index contributed by atoms with van der Waals surface area (Å²) in [6, 6.07) is 12.4. The van der Waals surface area contributed by atoms with E-state index in [4.69, 9.17) is 4.42 Å². The molecule has 0 aliphatic rings. The van der Waals surface area contributed by atoms with Crippen LogP contribution in [0.15, 0.2) is 40.8 Å². The largest absolute Gasteiger partial charge is 0.455 e. The molecule has 0 N–H and O–H groups in total. The van der Waals surface area contributed by atoms with Crippen molar-refractivity contribution >= 4 is 44.5 Å². The van der Waals surface area contributed by atoms with Gasteiger partial charge in [0.15, 0.2) is 0 Å². The summed E-state index contributed by atoms with van der Waals surface area (Å²) in [7, 11) is 0. The SMILES string of the molecule is Cc1cccc2oc3c(I)cccc3c12. The molecule has 0 spiro atoms. The van der Waals surface area contributed by atoms with E-state index in [1.165, 1.54) is 19.9 Å². The van der Waals surface area contributed by atoms with Gasteiger partial charge < -0.3 is 4.42 Å². The molecule has 0 amide bonds. The summed E-state index contributed by atoms with van der Waals surface area (Å²) in [6.45, 7) is 2.12. The second kappa shape index (κ2) is 3.23. The number of rotatable bonds is 0. The maximum atomic E-state index is 5.86. The molecule has 0 saturated carbocycles. The third-order valence-electron chi connectivity index (χ3n) is 2.68. The number of benzene rings is 2. The van der Waals surface area contributed by atoms with E-state index in [0.717, 1.165) is 11.2 Å². The molecule has 3 aromatic rings. The van der Waals surface area contributed by atoms with Crippen LogP contribution >= 0.6 is 22.6 Å². The minimum absolute atomic E-state index is 0.981. The molecule has 15 heavy (non-hydrogen) atoms. The average molecular weight is 308 g/mol. The van der Waals surface area contributed by atoms with E-state index in [1.54, 1.807) is 0 Å². The highest BCUT2D eigenvalue weighted by Gasteiger charge is 2.09. The molecule has 3 rings (SSSR count). The molecule has 0 radical (unpaired) electrons. The first kappa shape index (κ1) is 9.21. The van der Waals surface area contributed by atoms with Gasteiger partial charge in [-0.15, -0.1) is 0 Å². The van der Waals surface area contributed by atoms with Crippen molar-refractivity contribution in [3.63, 3.8) is 0 Å². The van der Waals surface area contributed by atoms with E-state index >= 15 is 0 Å². The van der Waals surface area contributed by atoms with Crippen molar-refractivity contribution in [3.8, 4) is 0 Å². The fourth-order valence-corrected chi connectivity index (χ4v) is 2.60. The van der Waals surface area contributed by atoms with E-state index < -0.39 is 0 Å². The zero-order valence-electron chi connectivity index (χ0n) is 8.25. The second-order valence-electron chi connectivity index (χ2n) is 3.67. The molecule has 2 aromatic carbocycles. The Morgan fingerprint density at radius 1 is 1.07 bits per heavy atom. The summed E-state index contributed by atoms with van der Waals surface area (Å²) in [4.78, 5) is 0. The van der Waals surface area contributed by atoms with E-state index in [9.17, 15) is 0 Å². The quantitative estimate of drug-likeness (QED) is 0.557. The van der Waals surface area contributed by atoms with Gasteiger partial charge in [-0.25, -0.2) is 0 Å². The molecule has 1 nitrogen and oxygen atoms in total. The molecule has 0 fully saturated rings. The molecule has 0 atom stereocenters. The molecule has 0 aliphatic heterocycles. The number of halogens is 1. The predicted octanol–water partition coefficient (Wildman–Crippen LogP) is 4.50. The molecule has 74 valence electrons. The Bertz CT molecular complexity index is 652. The predicted molar refractivity (Wildman–Crippen MR) is 71.2 cm³/mol. The summed E-state index contributed by atoms with van der Waals surface area (Å²) in [6.07, 6.45) is 0. The molecule has 2 heteroatoms. The Hall–Kier alpha value is -1.03. The lowest BCUT2D eigenvalue weighted by Crippen LogP contribution is -1.73. The molecule has 0 unspecified atom stereocenters. The molecular weight excluding hydrogens is 299 g/mol. The highest BCUT2D eigenvalue weighted by molar-refractivity contribution is 14.1. The van der Waals surface area contributed by atoms with E-state index in [0.29, 0.717) is 0 Å². The van der Waals surface area contributed by atoms with Gasteiger partial charge in [-0.1, -0.05) is 24.3 Å². The first-order valence-corrected chi connectivity index (χ1v) is 5.91. The Morgan fingerprint density at radius 2 is 1.87 bits per heavy atom. The average Bonchev–Trinajstić information content (AvgIpc) is 2.59. The van der Waals surface area contributed by atoms with Crippen LogP contribution in [0, 0.1) is 10.5 Å². The van der Waals surface area contributed by atoms with E-state index in [2.05, 4.69) is 53.8 Å². The van der Waals surface area contributed by atoms with Gasteiger partial charge in [0.2, 0.25) is 0 Å². The van der Waals surface area contributed by atoms with Crippen molar-refractivity contribution in [2.75, 3.05) is 0 Å². The van der Waals surface area contributed by atoms with Crippen LogP contribution in [-0.4, -0.2) is 0 Å². The Balaban J connectivity index is 2.65. The fourth-order valence-electron chi connectivity index (χ4n) is 1.99. The molecule has 1 heterocycles. The van der Waals surface area contributed by atoms with Crippen LogP contribution < -0.4 is 0 Å². The van der Waals surface area contributed by atoms with Crippen molar-refractivity contribution < 1.29 is 4.42 Å². The van der Waals surface area contributed by atoms with Crippen LogP contribution in [0.25, 0.3) is 21.9 Å². The van der Waals surface area contributed by atoms with Crippen LogP contribution in [0.5, 0.6) is 0 Å². The summed E-state index contributed by atoms with van der Waals surface area (Å²) in [5, 5.41) is 2.46. The summed E-state index contributed by atoms with van der Waals surface area (Å²) < 4.78 is 7.02. The Labute approximate surface area is 101 Å². The van der Waals surface area contributed by atoms with Crippen LogP contribution in [-0.2, 0) is 0 Å². The monoisotopic (exact) mass is 308 g/mol. The minimum atomic E-state index is 0.981. The lowest BCUT2D eigenvalue weighted by molar-refractivity contribution is 0.666. The van der Waals surface area contributed by atoms with Crippen molar-refractivity contribution in [2.24, 2.45) is 0 Å². The van der Waals surface area contributed by atoms with Crippen molar-refractivity contribution in [2.45, 2.75) is 6.92 Å². The molecule has 0 bridgehead atoms. The maximum absolute atomic E-state index is 5.86. The van der Waals surface area contributed by atoms with Crippen LogP contribution in [0.3, 0.4) is 0 Å². The number of fused-ring (bicyclic) bond motifs is 3. The van der Waals surface area contributed by atoms with Crippen LogP contribution in [0.1, 0.15) is 5.56 Å². The molecule has 1 aromatic heterocycles. The van der Waals surface area contributed by atoms with Gasteiger partial charge in [0.25, 0.3) is 0 Å². The standard InChI is InChI=1S/C13H9IO/c1-8-4-2-7-11-12(8)9-5-3-6-10(14)13(9)15-11/h2-7H,1H3. The lowest BCUT2D eigenvalue weighted by Gasteiger charge is -1.94. The molecule has 0 aliphatic carbocycles. The van der Waals surface area contributed by atoms with Crippen LogP contribution in [0.4, 0.5) is 0 Å². The van der Waals surface area contributed by atoms with Gasteiger partial charge in [0, 0.05) is 10.8 Å². The summed E-state index contributed by atoms with van der Waals surface area (Å²) in [5.41, 5.74) is 3.25. The van der Waals surface area contributed by atoms with E-state index in [-0.39, 0.29) is 0 Å². The first-order chi connectivity index (χ1) is 7.27. The van der Waals surface area contributed by atoms with Crippen molar-refractivity contribution in [3.05, 3.63) is 45.5 Å². The highest BCUT2D eigenvalue weighted by Crippen LogP contribution is 2.33. The topological polar surface area (TPSA) is 13.1 Å². The van der Waals surface area contributed by atoms with Crippen LogP contribution in [0.2, 0.25) is 0 Å². The second-order valence-corrected chi connectivity index (χ2v) is 4.83. The van der Waals surface area contributed by atoms with Gasteiger partial charge in [-0.3, -0.25) is 0 Å². The van der Waals surface area contributed by atoms with Crippen molar-refractivity contribution in [1.29, 1.82) is 0 Å². The van der Waals surface area contributed by atoms with Gasteiger partial charge in [-0.2, -0.15) is 0 Å². The zero-order valence-corrected chi connectivity index (χ0v) is 10.4. The number of hydrogen-bond acceptors (Lipinski definition) is 1. The van der Waals surface area contributed by atoms with Gasteiger partial charge >= 0.3 is 0 Å². The maximum Gasteiger partial charge on any atom is 0.148 e. The Morgan fingerprint density at radius 3 is 2.73 bits per heavy atom. The fraction of sp³-hybridized carbons (Fsp3) is 0.0769. The summed E-state index contributed by atoms with van der Waals surface area (Å²) in [5.74, 6) is 0. The minimum Gasteiger partial charge on any atom is -0.455 e. The third kappa shape index (κ3) is 1.28. The van der Waals surface area contributed by atoms with E-state index in [1.807, 2.05) is 12.1 Å². The summed E-state index contributed by atoms with van der Waals surface area (Å²) >= 11 is 2.31. The van der Waals surface area contributed by atoms with Gasteiger partial charge in [0.1, 0.15) is 11.2 Å². The molecule has 0 saturated heterocycles. The normalized spacial score (nSPS) is 11.3. The number of para-hydroxylation sites is 1. The van der Waals surface area contributed by atoms with Gasteiger partial charge in [-0.05, 0) is 47.2 Å². The number of aryl methyl sites for hydroxylation is 1. The number of furan rings is 1. The Kier molecular flexibility index (Phi) is 1.99. The zero-order chi connectivity index (χ0) is 10.4. The van der Waals surface area contributed by atoms with Gasteiger partial charge in [0.05, 0.1) is 3.57 Å². The van der Waals surface area contributed by atoms with Crippen molar-refractivity contribution in [1.82, 2.24) is 0 Å². The lowest BCUT2D eigenvalue weighted by atomic mass is 10.1. The number of hydrogen-bond donors (Lipinski definition) is 0. The smallest absolute Gasteiger partial charge is 0.148 e. The third-order valence-corrected chi connectivity index (χ3v) is 3.53. The highest BCUT2D eigenvalue weighted by atomic mass is 127. The first-order valence-electron chi connectivity index (χ1n) is 4.84. The molecular formula is C13H9IO.